The van der Waals surface area contributed by atoms with E-state index in [4.69, 9.17) is 0 Å². The van der Waals surface area contributed by atoms with Crippen LogP contribution in [0.5, 0.6) is 0 Å². The Hall–Kier alpha value is -1.82. The van der Waals surface area contributed by atoms with Gasteiger partial charge in [0.2, 0.25) is 0 Å². The van der Waals surface area contributed by atoms with E-state index in [1.165, 1.54) is 0 Å². The van der Waals surface area contributed by atoms with Crippen LogP contribution in [0, 0.1) is 0 Å². The summed E-state index contributed by atoms with van der Waals surface area (Å²) in [6, 6.07) is 10.1. The van der Waals surface area contributed by atoms with Crippen molar-refractivity contribution < 1.29 is 5.11 Å². The van der Waals surface area contributed by atoms with Gasteiger partial charge in [-0.1, -0.05) is 42.5 Å². The molecule has 0 spiro atoms. The van der Waals surface area contributed by atoms with E-state index < -0.39 is 5.60 Å². The van der Waals surface area contributed by atoms with Gasteiger partial charge in [0, 0.05) is 5.57 Å². The van der Waals surface area contributed by atoms with Crippen LogP contribution >= 0.6 is 0 Å². The smallest absolute Gasteiger partial charge is 0.0995 e. The van der Waals surface area contributed by atoms with Gasteiger partial charge in [-0.05, 0) is 37.8 Å². The van der Waals surface area contributed by atoms with Crippen molar-refractivity contribution in [3.05, 3.63) is 72.5 Å². The lowest BCUT2D eigenvalue weighted by molar-refractivity contribution is 0.0851. The van der Waals surface area contributed by atoms with Gasteiger partial charge in [-0.25, -0.2) is 0 Å². The van der Waals surface area contributed by atoms with E-state index in [9.17, 15) is 5.11 Å². The van der Waals surface area contributed by atoms with E-state index in [1.54, 1.807) is 12.2 Å². The summed E-state index contributed by atoms with van der Waals surface area (Å²) in [5.74, 6) is 0. The largest absolute Gasteiger partial charge is 0.384 e. The van der Waals surface area contributed by atoms with Crippen molar-refractivity contribution in [2.24, 2.45) is 0 Å². The summed E-state index contributed by atoms with van der Waals surface area (Å²) in [7, 11) is 0. The van der Waals surface area contributed by atoms with Crippen molar-refractivity contribution in [3.8, 4) is 0 Å². The molecular formula is C18H22O. The van der Waals surface area contributed by atoms with E-state index in [1.807, 2.05) is 44.2 Å². The van der Waals surface area contributed by atoms with Crippen LogP contribution in [0.3, 0.4) is 0 Å². The van der Waals surface area contributed by atoms with Crippen LogP contribution in [0.25, 0.3) is 5.57 Å². The molecule has 0 unspecified atom stereocenters. The Morgan fingerprint density at radius 3 is 2.16 bits per heavy atom. The third kappa shape index (κ3) is 4.10. The van der Waals surface area contributed by atoms with E-state index in [2.05, 4.69) is 18.9 Å². The van der Waals surface area contributed by atoms with Crippen LogP contribution < -0.4 is 0 Å². The van der Waals surface area contributed by atoms with Crippen LogP contribution in [-0.4, -0.2) is 10.7 Å². The van der Waals surface area contributed by atoms with Crippen LogP contribution in [0.2, 0.25) is 0 Å². The third-order valence-corrected chi connectivity index (χ3v) is 3.24. The van der Waals surface area contributed by atoms with Gasteiger partial charge in [0.15, 0.2) is 0 Å². The Labute approximate surface area is 116 Å². The summed E-state index contributed by atoms with van der Waals surface area (Å²) in [6.07, 6.45) is 4.46. The molecule has 1 rings (SSSR count). The molecule has 0 aromatic heterocycles. The molecule has 0 atom stereocenters. The Kier molecular flexibility index (Phi) is 5.57. The predicted octanol–water partition coefficient (Wildman–Crippen LogP) is 4.52. The van der Waals surface area contributed by atoms with Gasteiger partial charge in [-0.3, -0.25) is 0 Å². The van der Waals surface area contributed by atoms with Gasteiger partial charge in [0.25, 0.3) is 0 Å². The molecule has 0 radical (unpaired) electrons. The first-order chi connectivity index (χ1) is 9.03. The summed E-state index contributed by atoms with van der Waals surface area (Å²) in [4.78, 5) is 0. The molecule has 100 valence electrons. The highest BCUT2D eigenvalue weighted by atomic mass is 16.3. The lowest BCUT2D eigenvalue weighted by Gasteiger charge is -2.25. The number of benzene rings is 1. The normalized spacial score (nSPS) is 10.5. The van der Waals surface area contributed by atoms with Gasteiger partial charge in [0.1, 0.15) is 0 Å². The fraction of sp³-hybridized carbons (Fsp3) is 0.278. The Morgan fingerprint density at radius 2 is 1.68 bits per heavy atom. The quantitative estimate of drug-likeness (QED) is 0.584. The van der Waals surface area contributed by atoms with Crippen molar-refractivity contribution in [1.82, 2.24) is 0 Å². The maximum Gasteiger partial charge on any atom is 0.0995 e. The zero-order valence-electron chi connectivity index (χ0n) is 11.8. The fourth-order valence-corrected chi connectivity index (χ4v) is 2.02. The predicted molar refractivity (Wildman–Crippen MR) is 82.8 cm³/mol. The van der Waals surface area contributed by atoms with Crippen molar-refractivity contribution in [3.63, 3.8) is 0 Å². The molecule has 1 aromatic rings. The Balaban J connectivity index is 3.20. The second-order valence-corrected chi connectivity index (χ2v) is 4.76. The van der Waals surface area contributed by atoms with E-state index in [0.717, 1.165) is 16.7 Å². The standard InChI is InChI=1S/C18H22O/c1-5-12-18(19,13-6-2)16(4)14-15(3)17-10-8-7-9-11-17/h5-11,19H,1-2,12-13H2,3-4H3. The van der Waals surface area contributed by atoms with Gasteiger partial charge in [0.05, 0.1) is 5.60 Å². The summed E-state index contributed by atoms with van der Waals surface area (Å²) in [5, 5.41) is 10.6. The summed E-state index contributed by atoms with van der Waals surface area (Å²) >= 11 is 0. The molecule has 0 aliphatic rings. The Morgan fingerprint density at radius 1 is 1.16 bits per heavy atom. The van der Waals surface area contributed by atoms with Crippen LogP contribution in [0.4, 0.5) is 0 Å². The van der Waals surface area contributed by atoms with Gasteiger partial charge in [-0.2, -0.15) is 0 Å². The SMILES string of the molecule is C=CCC(O)(CC=C)C(C)=C=C(C)c1ccccc1. The van der Waals surface area contributed by atoms with Crippen molar-refractivity contribution >= 4 is 5.57 Å². The number of rotatable bonds is 6. The van der Waals surface area contributed by atoms with E-state index >= 15 is 0 Å². The highest BCUT2D eigenvalue weighted by Gasteiger charge is 2.25. The van der Waals surface area contributed by atoms with Crippen molar-refractivity contribution in [2.45, 2.75) is 32.3 Å². The lowest BCUT2D eigenvalue weighted by Crippen LogP contribution is -2.28. The highest BCUT2D eigenvalue weighted by Crippen LogP contribution is 2.26. The first-order valence-corrected chi connectivity index (χ1v) is 6.47. The van der Waals surface area contributed by atoms with Gasteiger partial charge < -0.3 is 5.11 Å². The van der Waals surface area contributed by atoms with E-state index in [-0.39, 0.29) is 0 Å². The molecule has 1 N–H and O–H groups in total. The lowest BCUT2D eigenvalue weighted by atomic mass is 9.87. The molecule has 1 aromatic carbocycles. The molecule has 0 aliphatic heterocycles. The summed E-state index contributed by atoms with van der Waals surface area (Å²) in [6.45, 7) is 11.3. The molecule has 1 heteroatoms. The number of hydrogen-bond donors (Lipinski definition) is 1. The summed E-state index contributed by atoms with van der Waals surface area (Å²) in [5.41, 5.74) is 5.31. The monoisotopic (exact) mass is 254 g/mol. The molecule has 0 bridgehead atoms. The molecule has 0 saturated heterocycles. The topological polar surface area (TPSA) is 20.2 Å². The maximum absolute atomic E-state index is 10.6. The van der Waals surface area contributed by atoms with Gasteiger partial charge in [-0.15, -0.1) is 18.9 Å². The zero-order chi connectivity index (χ0) is 14.3. The maximum atomic E-state index is 10.6. The third-order valence-electron chi connectivity index (χ3n) is 3.24. The highest BCUT2D eigenvalue weighted by molar-refractivity contribution is 5.63. The molecule has 0 aliphatic carbocycles. The molecule has 0 saturated carbocycles. The molecule has 0 amide bonds. The first kappa shape index (κ1) is 15.2. The van der Waals surface area contributed by atoms with Crippen LogP contribution in [0.15, 0.2) is 66.9 Å². The molecular weight excluding hydrogens is 232 g/mol. The number of aliphatic hydroxyl groups is 1. The van der Waals surface area contributed by atoms with Crippen molar-refractivity contribution in [2.75, 3.05) is 0 Å². The molecule has 1 nitrogen and oxygen atoms in total. The minimum Gasteiger partial charge on any atom is -0.384 e. The van der Waals surface area contributed by atoms with Crippen LogP contribution in [-0.2, 0) is 0 Å². The molecule has 0 fully saturated rings. The average molecular weight is 254 g/mol. The number of hydrogen-bond acceptors (Lipinski definition) is 1. The Bertz CT molecular complexity index is 492. The van der Waals surface area contributed by atoms with Crippen LogP contribution in [0.1, 0.15) is 32.3 Å². The zero-order valence-corrected chi connectivity index (χ0v) is 11.8. The van der Waals surface area contributed by atoms with E-state index in [0.29, 0.717) is 12.8 Å². The minimum atomic E-state index is -0.931. The fourth-order valence-electron chi connectivity index (χ4n) is 2.02. The molecule has 19 heavy (non-hydrogen) atoms. The summed E-state index contributed by atoms with van der Waals surface area (Å²) < 4.78 is 0. The minimum absolute atomic E-state index is 0.500. The van der Waals surface area contributed by atoms with Crippen molar-refractivity contribution in [1.29, 1.82) is 0 Å². The second kappa shape index (κ2) is 6.94. The molecule has 0 heterocycles. The average Bonchev–Trinajstić information content (AvgIpc) is 2.40. The first-order valence-electron chi connectivity index (χ1n) is 6.47. The second-order valence-electron chi connectivity index (χ2n) is 4.76. The van der Waals surface area contributed by atoms with Gasteiger partial charge >= 0.3 is 0 Å².